The molecule has 0 saturated heterocycles. The summed E-state index contributed by atoms with van der Waals surface area (Å²) in [6, 6.07) is 12.5. The van der Waals surface area contributed by atoms with Gasteiger partial charge in [-0.1, -0.05) is 12.1 Å². The summed E-state index contributed by atoms with van der Waals surface area (Å²) in [6.07, 6.45) is 1.20. The number of anilines is 1. The van der Waals surface area contributed by atoms with Crippen LogP contribution in [0.1, 0.15) is 11.7 Å². The first-order valence-electron chi connectivity index (χ1n) is 6.71. The number of aliphatic hydroxyl groups excluding tert-OH is 1. The number of urea groups is 1. The summed E-state index contributed by atoms with van der Waals surface area (Å²) in [7, 11) is 0. The molecule has 2 amide bonds. The van der Waals surface area contributed by atoms with Crippen molar-refractivity contribution >= 4 is 23.5 Å². The van der Waals surface area contributed by atoms with E-state index in [4.69, 9.17) is 0 Å². The number of hydrogen-bond acceptors (Lipinski definition) is 3. The number of carbonyl (C=O) groups excluding carboxylic acids is 1. The summed E-state index contributed by atoms with van der Waals surface area (Å²) in [4.78, 5) is 12.8. The van der Waals surface area contributed by atoms with Gasteiger partial charge >= 0.3 is 6.03 Å². The molecule has 116 valence electrons. The Hall–Kier alpha value is -2.05. The van der Waals surface area contributed by atoms with Crippen LogP contribution in [-0.2, 0) is 0 Å². The van der Waals surface area contributed by atoms with Crippen molar-refractivity contribution in [3.63, 3.8) is 0 Å². The van der Waals surface area contributed by atoms with Crippen LogP contribution in [-0.4, -0.2) is 23.9 Å². The number of halogens is 1. The van der Waals surface area contributed by atoms with Crippen LogP contribution in [0.5, 0.6) is 0 Å². The number of hydrogen-bond donors (Lipinski definition) is 3. The van der Waals surface area contributed by atoms with Crippen molar-refractivity contribution in [2.24, 2.45) is 0 Å². The Kier molecular flexibility index (Phi) is 5.80. The second kappa shape index (κ2) is 7.82. The van der Waals surface area contributed by atoms with Gasteiger partial charge in [0, 0.05) is 17.1 Å². The minimum Gasteiger partial charge on any atom is -0.387 e. The first-order valence-corrected chi connectivity index (χ1v) is 7.93. The Morgan fingerprint density at radius 2 is 1.82 bits per heavy atom. The summed E-state index contributed by atoms with van der Waals surface area (Å²) >= 11 is 1.62. The normalized spacial score (nSPS) is 11.8. The van der Waals surface area contributed by atoms with E-state index in [9.17, 15) is 14.3 Å². The van der Waals surface area contributed by atoms with Gasteiger partial charge in [0.2, 0.25) is 0 Å². The van der Waals surface area contributed by atoms with E-state index in [1.165, 1.54) is 24.3 Å². The Morgan fingerprint density at radius 1 is 1.18 bits per heavy atom. The summed E-state index contributed by atoms with van der Waals surface area (Å²) < 4.78 is 12.8. The second-order valence-corrected chi connectivity index (χ2v) is 5.51. The maximum absolute atomic E-state index is 12.8. The summed E-state index contributed by atoms with van der Waals surface area (Å²) in [5.74, 6) is -0.366. The van der Waals surface area contributed by atoms with E-state index in [0.29, 0.717) is 5.69 Å². The molecule has 2 aromatic carbocycles. The maximum Gasteiger partial charge on any atom is 0.319 e. The lowest BCUT2D eigenvalue weighted by molar-refractivity contribution is 0.175. The Bertz CT molecular complexity index is 617. The van der Waals surface area contributed by atoms with Gasteiger partial charge in [-0.15, -0.1) is 11.8 Å². The highest BCUT2D eigenvalue weighted by Gasteiger charge is 2.09. The highest BCUT2D eigenvalue weighted by molar-refractivity contribution is 7.98. The van der Waals surface area contributed by atoms with Gasteiger partial charge < -0.3 is 15.7 Å². The molecule has 3 N–H and O–H groups in total. The largest absolute Gasteiger partial charge is 0.387 e. The van der Waals surface area contributed by atoms with Crippen molar-refractivity contribution in [2.75, 3.05) is 18.1 Å². The molecule has 0 spiro atoms. The molecule has 0 radical (unpaired) electrons. The van der Waals surface area contributed by atoms with Crippen molar-refractivity contribution in [2.45, 2.75) is 11.0 Å². The molecule has 2 aromatic rings. The third-order valence-electron chi connectivity index (χ3n) is 3.06. The zero-order chi connectivity index (χ0) is 15.9. The Labute approximate surface area is 132 Å². The van der Waals surface area contributed by atoms with Gasteiger partial charge in [0.05, 0.1) is 6.10 Å². The zero-order valence-electron chi connectivity index (χ0n) is 12.0. The number of benzene rings is 2. The van der Waals surface area contributed by atoms with Crippen molar-refractivity contribution in [1.29, 1.82) is 0 Å². The Morgan fingerprint density at radius 3 is 2.41 bits per heavy atom. The molecule has 0 saturated carbocycles. The molecule has 0 aliphatic carbocycles. The maximum atomic E-state index is 12.8. The van der Waals surface area contributed by atoms with Crippen LogP contribution >= 0.6 is 11.8 Å². The fraction of sp³-hybridized carbons (Fsp3) is 0.188. The van der Waals surface area contributed by atoms with Crippen LogP contribution in [0.3, 0.4) is 0 Å². The standard InChI is InChI=1S/C16H17FN2O2S/c1-22-14-8-2-11(3-9-14)15(20)10-18-16(21)19-13-6-4-12(17)5-7-13/h2-9,15,20H,10H2,1H3,(H2,18,19,21)/t15-/m1/s1. The fourth-order valence-corrected chi connectivity index (χ4v) is 2.25. The topological polar surface area (TPSA) is 61.4 Å². The van der Waals surface area contributed by atoms with Crippen LogP contribution in [0, 0.1) is 5.82 Å². The lowest BCUT2D eigenvalue weighted by Gasteiger charge is -2.13. The van der Waals surface area contributed by atoms with Crippen molar-refractivity contribution in [1.82, 2.24) is 5.32 Å². The van der Waals surface area contributed by atoms with Gasteiger partial charge in [0.15, 0.2) is 0 Å². The van der Waals surface area contributed by atoms with E-state index >= 15 is 0 Å². The fourth-order valence-electron chi connectivity index (χ4n) is 1.84. The molecular weight excluding hydrogens is 303 g/mol. The minimum atomic E-state index is -0.783. The molecule has 0 aliphatic rings. The number of nitrogens with one attached hydrogen (secondary N) is 2. The quantitative estimate of drug-likeness (QED) is 0.740. The number of aliphatic hydroxyl groups is 1. The molecule has 0 aromatic heterocycles. The molecule has 4 nitrogen and oxygen atoms in total. The number of amides is 2. The molecule has 0 unspecified atom stereocenters. The van der Waals surface area contributed by atoms with Crippen LogP contribution in [0.15, 0.2) is 53.4 Å². The van der Waals surface area contributed by atoms with Gasteiger partial charge in [-0.2, -0.15) is 0 Å². The summed E-state index contributed by atoms with van der Waals surface area (Å²) in [5.41, 5.74) is 1.22. The van der Waals surface area contributed by atoms with Gasteiger partial charge in [0.25, 0.3) is 0 Å². The van der Waals surface area contributed by atoms with Crippen molar-refractivity contribution < 1.29 is 14.3 Å². The molecule has 0 heterocycles. The van der Waals surface area contributed by atoms with Gasteiger partial charge in [-0.3, -0.25) is 0 Å². The average Bonchev–Trinajstić information content (AvgIpc) is 2.55. The summed E-state index contributed by atoms with van der Waals surface area (Å²) in [5, 5.41) is 15.2. The lowest BCUT2D eigenvalue weighted by atomic mass is 10.1. The Balaban J connectivity index is 1.83. The monoisotopic (exact) mass is 320 g/mol. The van der Waals surface area contributed by atoms with Crippen molar-refractivity contribution in [3.05, 3.63) is 59.9 Å². The molecule has 1 atom stereocenters. The van der Waals surface area contributed by atoms with Crippen LogP contribution in [0.25, 0.3) is 0 Å². The van der Waals surface area contributed by atoms with E-state index < -0.39 is 12.1 Å². The van der Waals surface area contributed by atoms with Gasteiger partial charge in [-0.05, 0) is 48.2 Å². The van der Waals surface area contributed by atoms with E-state index in [2.05, 4.69) is 10.6 Å². The summed E-state index contributed by atoms with van der Waals surface area (Å²) in [6.45, 7) is 0.0889. The van der Waals surface area contributed by atoms with Gasteiger partial charge in [0.1, 0.15) is 5.82 Å². The van der Waals surface area contributed by atoms with Crippen LogP contribution in [0.2, 0.25) is 0 Å². The van der Waals surface area contributed by atoms with E-state index in [-0.39, 0.29) is 12.4 Å². The third kappa shape index (κ3) is 4.75. The SMILES string of the molecule is CSc1ccc([C@H](O)CNC(=O)Nc2ccc(F)cc2)cc1. The molecular formula is C16H17FN2O2S. The number of rotatable bonds is 5. The smallest absolute Gasteiger partial charge is 0.319 e. The third-order valence-corrected chi connectivity index (χ3v) is 3.80. The lowest BCUT2D eigenvalue weighted by Crippen LogP contribution is -2.32. The van der Waals surface area contributed by atoms with Crippen LogP contribution < -0.4 is 10.6 Å². The molecule has 2 rings (SSSR count). The predicted molar refractivity (Wildman–Crippen MR) is 86.6 cm³/mol. The second-order valence-electron chi connectivity index (χ2n) is 4.63. The molecule has 0 bridgehead atoms. The average molecular weight is 320 g/mol. The number of carbonyl (C=O) groups is 1. The molecule has 0 fully saturated rings. The highest BCUT2D eigenvalue weighted by atomic mass is 32.2. The number of thioether (sulfide) groups is 1. The van der Waals surface area contributed by atoms with E-state index in [1.807, 2.05) is 30.5 Å². The highest BCUT2D eigenvalue weighted by Crippen LogP contribution is 2.18. The first kappa shape index (κ1) is 16.3. The predicted octanol–water partition coefficient (Wildman–Crippen LogP) is 3.40. The van der Waals surface area contributed by atoms with Gasteiger partial charge in [-0.25, -0.2) is 9.18 Å². The zero-order valence-corrected chi connectivity index (χ0v) is 12.9. The van der Waals surface area contributed by atoms with Crippen LogP contribution in [0.4, 0.5) is 14.9 Å². The minimum absolute atomic E-state index is 0.0889. The van der Waals surface area contributed by atoms with Crippen molar-refractivity contribution in [3.8, 4) is 0 Å². The molecule has 6 heteroatoms. The first-order chi connectivity index (χ1) is 10.6. The van der Waals surface area contributed by atoms with E-state index in [1.54, 1.807) is 11.8 Å². The molecule has 22 heavy (non-hydrogen) atoms. The molecule has 0 aliphatic heterocycles. The van der Waals surface area contributed by atoms with E-state index in [0.717, 1.165) is 10.5 Å².